The van der Waals surface area contributed by atoms with E-state index >= 15 is 0 Å². The van der Waals surface area contributed by atoms with Gasteiger partial charge in [0.05, 0.1) is 6.42 Å². The predicted molar refractivity (Wildman–Crippen MR) is 78.1 cm³/mol. The molecule has 0 saturated carbocycles. The summed E-state index contributed by atoms with van der Waals surface area (Å²) in [6.07, 6.45) is 2.47. The van der Waals surface area contributed by atoms with Crippen LogP contribution in [0.5, 0.6) is 5.75 Å². The lowest BCUT2D eigenvalue weighted by molar-refractivity contribution is -0.131. The second-order valence-electron chi connectivity index (χ2n) is 4.92. The summed E-state index contributed by atoms with van der Waals surface area (Å²) in [5, 5.41) is 9.72. The summed E-state index contributed by atoms with van der Waals surface area (Å²) in [7, 11) is 0. The van der Waals surface area contributed by atoms with Crippen molar-refractivity contribution < 1.29 is 9.90 Å². The lowest BCUT2D eigenvalue weighted by atomic mass is 10.0. The number of nitrogens with zero attached hydrogens (tertiary/aromatic N) is 1. The average molecular weight is 263 g/mol. The van der Waals surface area contributed by atoms with Crippen molar-refractivity contribution in [3.63, 3.8) is 0 Å². The zero-order chi connectivity index (χ0) is 14.3. The third-order valence-corrected chi connectivity index (χ3v) is 3.70. The number of rotatable bonds is 7. The van der Waals surface area contributed by atoms with Gasteiger partial charge in [-0.05, 0) is 18.9 Å². The molecular weight excluding hydrogens is 238 g/mol. The molecule has 3 nitrogen and oxygen atoms in total. The van der Waals surface area contributed by atoms with Gasteiger partial charge in [0.25, 0.3) is 0 Å². The van der Waals surface area contributed by atoms with E-state index in [2.05, 4.69) is 13.8 Å². The minimum absolute atomic E-state index is 0.0934. The van der Waals surface area contributed by atoms with Crippen LogP contribution in [0.15, 0.2) is 24.3 Å². The van der Waals surface area contributed by atoms with Crippen molar-refractivity contribution in [3.8, 4) is 5.75 Å². The minimum atomic E-state index is 0.0934. The maximum Gasteiger partial charge on any atom is 0.227 e. The van der Waals surface area contributed by atoms with E-state index < -0.39 is 0 Å². The van der Waals surface area contributed by atoms with Gasteiger partial charge in [0.1, 0.15) is 5.75 Å². The largest absolute Gasteiger partial charge is 0.508 e. The fourth-order valence-electron chi connectivity index (χ4n) is 2.20. The van der Waals surface area contributed by atoms with Crippen molar-refractivity contribution in [3.05, 3.63) is 29.8 Å². The quantitative estimate of drug-likeness (QED) is 0.820. The fraction of sp³-hybridized carbons (Fsp3) is 0.562. The van der Waals surface area contributed by atoms with Gasteiger partial charge in [-0.1, -0.05) is 44.9 Å². The second-order valence-corrected chi connectivity index (χ2v) is 4.92. The number of amides is 1. The fourth-order valence-corrected chi connectivity index (χ4v) is 2.20. The standard InChI is InChI=1S/C16H25NO2/c1-4-13(5-2)12-17(6-3)16(19)11-14-9-7-8-10-15(14)18/h7-10,13,18H,4-6,11-12H2,1-3H3. The predicted octanol–water partition coefficient (Wildman–Crippen LogP) is 3.22. The highest BCUT2D eigenvalue weighted by atomic mass is 16.3. The maximum absolute atomic E-state index is 12.3. The Morgan fingerprint density at radius 2 is 1.84 bits per heavy atom. The Balaban J connectivity index is 2.66. The summed E-state index contributed by atoms with van der Waals surface area (Å²) in [5.41, 5.74) is 0.704. The molecule has 1 N–H and O–H groups in total. The number of phenols is 1. The van der Waals surface area contributed by atoms with Crippen LogP contribution >= 0.6 is 0 Å². The van der Waals surface area contributed by atoms with Crippen LogP contribution in [0.4, 0.5) is 0 Å². The number of carbonyl (C=O) groups is 1. The van der Waals surface area contributed by atoms with Gasteiger partial charge in [0.2, 0.25) is 5.91 Å². The van der Waals surface area contributed by atoms with Crippen LogP contribution in [-0.4, -0.2) is 29.0 Å². The van der Waals surface area contributed by atoms with Crippen molar-refractivity contribution in [2.45, 2.75) is 40.0 Å². The van der Waals surface area contributed by atoms with E-state index in [1.165, 1.54) is 0 Å². The van der Waals surface area contributed by atoms with Crippen molar-refractivity contribution in [2.75, 3.05) is 13.1 Å². The van der Waals surface area contributed by atoms with Gasteiger partial charge in [0.15, 0.2) is 0 Å². The Morgan fingerprint density at radius 1 is 1.21 bits per heavy atom. The third kappa shape index (κ3) is 4.58. The van der Waals surface area contributed by atoms with E-state index in [0.29, 0.717) is 11.5 Å². The van der Waals surface area contributed by atoms with E-state index in [1.807, 2.05) is 17.9 Å². The number of aromatic hydroxyl groups is 1. The summed E-state index contributed by atoms with van der Waals surface area (Å²) >= 11 is 0. The zero-order valence-corrected chi connectivity index (χ0v) is 12.2. The molecule has 3 heteroatoms. The van der Waals surface area contributed by atoms with E-state index in [-0.39, 0.29) is 18.1 Å². The Hall–Kier alpha value is -1.51. The van der Waals surface area contributed by atoms with Crippen LogP contribution in [-0.2, 0) is 11.2 Å². The maximum atomic E-state index is 12.3. The summed E-state index contributed by atoms with van der Waals surface area (Å²) < 4.78 is 0. The highest BCUT2D eigenvalue weighted by Gasteiger charge is 2.17. The summed E-state index contributed by atoms with van der Waals surface area (Å²) in [5.74, 6) is 0.860. The Kier molecular flexibility index (Phi) is 6.40. The van der Waals surface area contributed by atoms with Crippen LogP contribution in [0.1, 0.15) is 39.2 Å². The van der Waals surface area contributed by atoms with E-state index in [0.717, 1.165) is 25.9 Å². The molecule has 19 heavy (non-hydrogen) atoms. The molecule has 0 heterocycles. The number of benzene rings is 1. The van der Waals surface area contributed by atoms with Crippen molar-refractivity contribution >= 4 is 5.91 Å². The summed E-state index contributed by atoms with van der Waals surface area (Å²) in [4.78, 5) is 14.2. The average Bonchev–Trinajstić information content (AvgIpc) is 2.42. The number of hydrogen-bond acceptors (Lipinski definition) is 2. The first-order valence-corrected chi connectivity index (χ1v) is 7.16. The van der Waals surface area contributed by atoms with E-state index in [1.54, 1.807) is 18.2 Å². The zero-order valence-electron chi connectivity index (χ0n) is 12.2. The molecule has 0 aliphatic heterocycles. The van der Waals surface area contributed by atoms with Gasteiger partial charge >= 0.3 is 0 Å². The molecule has 0 bridgehead atoms. The van der Waals surface area contributed by atoms with Gasteiger partial charge in [-0.2, -0.15) is 0 Å². The molecule has 0 fully saturated rings. The first-order chi connectivity index (χ1) is 9.12. The molecule has 1 amide bonds. The van der Waals surface area contributed by atoms with Crippen molar-refractivity contribution in [1.29, 1.82) is 0 Å². The van der Waals surface area contributed by atoms with Crippen LogP contribution in [0.3, 0.4) is 0 Å². The van der Waals surface area contributed by atoms with Crippen molar-refractivity contribution in [1.82, 2.24) is 4.90 Å². The molecule has 0 spiro atoms. The van der Waals surface area contributed by atoms with Crippen LogP contribution < -0.4 is 0 Å². The molecule has 0 aliphatic rings. The molecule has 106 valence electrons. The van der Waals surface area contributed by atoms with Crippen LogP contribution in [0, 0.1) is 5.92 Å². The normalized spacial score (nSPS) is 10.7. The molecule has 0 atom stereocenters. The highest BCUT2D eigenvalue weighted by Crippen LogP contribution is 2.18. The number of hydrogen-bond donors (Lipinski definition) is 1. The van der Waals surface area contributed by atoms with Gasteiger partial charge in [0, 0.05) is 18.7 Å². The Morgan fingerprint density at radius 3 is 2.37 bits per heavy atom. The molecule has 0 saturated heterocycles. The molecule has 0 radical (unpaired) electrons. The van der Waals surface area contributed by atoms with Gasteiger partial charge < -0.3 is 10.0 Å². The van der Waals surface area contributed by atoms with Crippen molar-refractivity contribution in [2.24, 2.45) is 5.92 Å². The third-order valence-electron chi connectivity index (χ3n) is 3.70. The molecule has 1 aromatic rings. The van der Waals surface area contributed by atoms with Crippen LogP contribution in [0.25, 0.3) is 0 Å². The van der Waals surface area contributed by atoms with E-state index in [9.17, 15) is 9.90 Å². The molecule has 1 rings (SSSR count). The van der Waals surface area contributed by atoms with E-state index in [4.69, 9.17) is 0 Å². The molecule has 0 aliphatic carbocycles. The smallest absolute Gasteiger partial charge is 0.227 e. The monoisotopic (exact) mass is 263 g/mol. The first kappa shape index (κ1) is 15.5. The number of likely N-dealkylation sites (N-methyl/N-ethyl adjacent to an activating group) is 1. The lowest BCUT2D eigenvalue weighted by Gasteiger charge is -2.25. The first-order valence-electron chi connectivity index (χ1n) is 7.16. The van der Waals surface area contributed by atoms with Gasteiger partial charge in [-0.25, -0.2) is 0 Å². The number of phenolic OH excluding ortho intramolecular Hbond substituents is 1. The summed E-state index contributed by atoms with van der Waals surface area (Å²) in [6, 6.07) is 7.04. The topological polar surface area (TPSA) is 40.5 Å². The van der Waals surface area contributed by atoms with Crippen LogP contribution in [0.2, 0.25) is 0 Å². The van der Waals surface area contributed by atoms with Gasteiger partial charge in [-0.3, -0.25) is 4.79 Å². The van der Waals surface area contributed by atoms with Gasteiger partial charge in [-0.15, -0.1) is 0 Å². The summed E-state index contributed by atoms with van der Waals surface area (Å²) in [6.45, 7) is 7.87. The Labute approximate surface area is 116 Å². The lowest BCUT2D eigenvalue weighted by Crippen LogP contribution is -2.36. The molecular formula is C16H25NO2. The second kappa shape index (κ2) is 7.82. The number of para-hydroxylation sites is 1. The number of carbonyl (C=O) groups excluding carboxylic acids is 1. The highest BCUT2D eigenvalue weighted by molar-refractivity contribution is 5.79. The SMILES string of the molecule is CCC(CC)CN(CC)C(=O)Cc1ccccc1O. The molecule has 1 aromatic carbocycles. The molecule has 0 aromatic heterocycles. The minimum Gasteiger partial charge on any atom is -0.508 e. The molecule has 0 unspecified atom stereocenters. The Bertz CT molecular complexity index is 399.